The SMILES string of the molecule is CCC[C@H](NC(=O)c1ccc(O)cc1F)[C@H](O)c1ccccc1. The molecule has 2 aromatic carbocycles. The van der Waals surface area contributed by atoms with Gasteiger partial charge in [-0.05, 0) is 24.1 Å². The molecule has 122 valence electrons. The van der Waals surface area contributed by atoms with Crippen LogP contribution in [0.1, 0.15) is 41.8 Å². The molecule has 0 saturated heterocycles. The van der Waals surface area contributed by atoms with Gasteiger partial charge in [0.2, 0.25) is 0 Å². The Morgan fingerprint density at radius 1 is 1.22 bits per heavy atom. The number of aromatic hydroxyl groups is 1. The Balaban J connectivity index is 2.17. The average Bonchev–Trinajstić information content (AvgIpc) is 2.54. The largest absolute Gasteiger partial charge is 0.508 e. The minimum atomic E-state index is -0.875. The summed E-state index contributed by atoms with van der Waals surface area (Å²) in [6.45, 7) is 1.94. The number of halogens is 1. The quantitative estimate of drug-likeness (QED) is 0.766. The maximum absolute atomic E-state index is 13.8. The number of amides is 1. The van der Waals surface area contributed by atoms with E-state index in [9.17, 15) is 19.4 Å². The topological polar surface area (TPSA) is 69.6 Å². The molecule has 0 spiro atoms. The zero-order valence-electron chi connectivity index (χ0n) is 12.9. The van der Waals surface area contributed by atoms with Gasteiger partial charge in [-0.15, -0.1) is 0 Å². The number of phenolic OH excluding ortho intramolecular Hbond substituents is 1. The highest BCUT2D eigenvalue weighted by Gasteiger charge is 2.23. The molecule has 5 heteroatoms. The van der Waals surface area contributed by atoms with E-state index in [1.165, 1.54) is 12.1 Å². The summed E-state index contributed by atoms with van der Waals surface area (Å²) >= 11 is 0. The van der Waals surface area contributed by atoms with Crippen molar-refractivity contribution in [3.05, 3.63) is 65.5 Å². The Kier molecular flexibility index (Phi) is 5.71. The first-order chi connectivity index (χ1) is 11.0. The number of aliphatic hydroxyl groups is 1. The van der Waals surface area contributed by atoms with E-state index in [2.05, 4.69) is 5.32 Å². The molecule has 0 aromatic heterocycles. The van der Waals surface area contributed by atoms with E-state index in [-0.39, 0.29) is 11.3 Å². The van der Waals surface area contributed by atoms with E-state index in [0.29, 0.717) is 12.0 Å². The van der Waals surface area contributed by atoms with Crippen molar-refractivity contribution in [2.24, 2.45) is 0 Å². The van der Waals surface area contributed by atoms with Gasteiger partial charge in [0.25, 0.3) is 5.91 Å². The zero-order chi connectivity index (χ0) is 16.8. The number of phenols is 1. The molecule has 2 rings (SSSR count). The van der Waals surface area contributed by atoms with E-state index < -0.39 is 23.9 Å². The van der Waals surface area contributed by atoms with Gasteiger partial charge in [0.1, 0.15) is 11.6 Å². The van der Waals surface area contributed by atoms with Gasteiger partial charge in [0.15, 0.2) is 0 Å². The maximum atomic E-state index is 13.8. The van der Waals surface area contributed by atoms with Crippen molar-refractivity contribution < 1.29 is 19.4 Å². The van der Waals surface area contributed by atoms with E-state index >= 15 is 0 Å². The molecule has 0 bridgehead atoms. The van der Waals surface area contributed by atoms with Gasteiger partial charge in [-0.25, -0.2) is 4.39 Å². The van der Waals surface area contributed by atoms with Crippen LogP contribution in [-0.2, 0) is 0 Å². The number of rotatable bonds is 6. The summed E-state index contributed by atoms with van der Waals surface area (Å²) in [6, 6.07) is 11.8. The van der Waals surface area contributed by atoms with Crippen LogP contribution < -0.4 is 5.32 Å². The van der Waals surface area contributed by atoms with E-state index in [1.54, 1.807) is 12.1 Å². The Morgan fingerprint density at radius 3 is 2.52 bits per heavy atom. The summed E-state index contributed by atoms with van der Waals surface area (Å²) in [5, 5.41) is 22.4. The molecule has 1 amide bonds. The molecule has 0 aliphatic heterocycles. The molecule has 2 aromatic rings. The van der Waals surface area contributed by atoms with Crippen LogP contribution >= 0.6 is 0 Å². The number of benzene rings is 2. The van der Waals surface area contributed by atoms with Crippen molar-refractivity contribution >= 4 is 5.91 Å². The van der Waals surface area contributed by atoms with Crippen LogP contribution in [0, 0.1) is 5.82 Å². The van der Waals surface area contributed by atoms with Gasteiger partial charge in [0.05, 0.1) is 17.7 Å². The number of nitrogens with one attached hydrogen (secondary N) is 1. The molecule has 0 saturated carbocycles. The smallest absolute Gasteiger partial charge is 0.254 e. The van der Waals surface area contributed by atoms with Gasteiger partial charge in [-0.1, -0.05) is 43.7 Å². The fourth-order valence-corrected chi connectivity index (χ4v) is 2.44. The fourth-order valence-electron chi connectivity index (χ4n) is 2.44. The second-order valence-corrected chi connectivity index (χ2v) is 5.39. The van der Waals surface area contributed by atoms with Crippen molar-refractivity contribution in [1.82, 2.24) is 5.32 Å². The lowest BCUT2D eigenvalue weighted by Crippen LogP contribution is -2.39. The monoisotopic (exact) mass is 317 g/mol. The first-order valence-corrected chi connectivity index (χ1v) is 7.55. The molecule has 0 heterocycles. The summed E-state index contributed by atoms with van der Waals surface area (Å²) < 4.78 is 13.8. The minimum Gasteiger partial charge on any atom is -0.508 e. The van der Waals surface area contributed by atoms with Gasteiger partial charge >= 0.3 is 0 Å². The normalized spacial score (nSPS) is 13.3. The summed E-state index contributed by atoms with van der Waals surface area (Å²) in [4.78, 5) is 12.3. The fraction of sp³-hybridized carbons (Fsp3) is 0.278. The first kappa shape index (κ1) is 17.0. The minimum absolute atomic E-state index is 0.163. The number of aliphatic hydroxyl groups excluding tert-OH is 1. The standard InChI is InChI=1S/C18H20FNO3/c1-2-6-16(17(22)12-7-4-3-5-8-12)20-18(23)14-10-9-13(21)11-15(14)19/h3-5,7-11,16-17,21-22H,2,6H2,1H3,(H,20,23)/t16-,17+/m0/s1. The second kappa shape index (κ2) is 7.74. The summed E-state index contributed by atoms with van der Waals surface area (Å²) in [6.07, 6.45) is 0.439. The highest BCUT2D eigenvalue weighted by molar-refractivity contribution is 5.94. The van der Waals surface area contributed by atoms with Crippen LogP contribution in [0.5, 0.6) is 5.75 Å². The summed E-state index contributed by atoms with van der Waals surface area (Å²) in [5.41, 5.74) is 0.529. The highest BCUT2D eigenvalue weighted by atomic mass is 19.1. The van der Waals surface area contributed by atoms with E-state index in [4.69, 9.17) is 0 Å². The van der Waals surface area contributed by atoms with Crippen LogP contribution in [0.15, 0.2) is 48.5 Å². The van der Waals surface area contributed by atoms with Gasteiger partial charge in [0, 0.05) is 6.07 Å². The Morgan fingerprint density at radius 2 is 1.91 bits per heavy atom. The van der Waals surface area contributed by atoms with Crippen LogP contribution in [-0.4, -0.2) is 22.2 Å². The third-order valence-electron chi connectivity index (χ3n) is 3.64. The second-order valence-electron chi connectivity index (χ2n) is 5.39. The molecule has 0 fully saturated rings. The molecule has 0 aliphatic carbocycles. The van der Waals surface area contributed by atoms with Crippen molar-refractivity contribution in [2.75, 3.05) is 0 Å². The van der Waals surface area contributed by atoms with Gasteiger partial charge in [-0.2, -0.15) is 0 Å². The van der Waals surface area contributed by atoms with Gasteiger partial charge in [-0.3, -0.25) is 4.79 Å². The van der Waals surface area contributed by atoms with Crippen molar-refractivity contribution in [2.45, 2.75) is 31.9 Å². The van der Waals surface area contributed by atoms with E-state index in [0.717, 1.165) is 12.5 Å². The third kappa shape index (κ3) is 4.29. The Bertz CT molecular complexity index is 661. The van der Waals surface area contributed by atoms with Crippen molar-refractivity contribution in [3.63, 3.8) is 0 Å². The zero-order valence-corrected chi connectivity index (χ0v) is 12.9. The summed E-state index contributed by atoms with van der Waals surface area (Å²) in [7, 11) is 0. The molecule has 3 N–H and O–H groups in total. The number of carbonyl (C=O) groups is 1. The molecule has 4 nitrogen and oxygen atoms in total. The van der Waals surface area contributed by atoms with E-state index in [1.807, 2.05) is 25.1 Å². The van der Waals surface area contributed by atoms with Gasteiger partial charge < -0.3 is 15.5 Å². The number of hydrogen-bond acceptors (Lipinski definition) is 3. The number of carbonyl (C=O) groups excluding carboxylic acids is 1. The predicted octanol–water partition coefficient (Wildman–Crippen LogP) is 3.16. The first-order valence-electron chi connectivity index (χ1n) is 7.55. The molecule has 0 radical (unpaired) electrons. The molecule has 2 atom stereocenters. The van der Waals surface area contributed by atoms with Crippen LogP contribution in [0.3, 0.4) is 0 Å². The molecular formula is C18H20FNO3. The number of hydrogen-bond donors (Lipinski definition) is 3. The third-order valence-corrected chi connectivity index (χ3v) is 3.64. The van der Waals surface area contributed by atoms with Crippen LogP contribution in [0.2, 0.25) is 0 Å². The Hall–Kier alpha value is -2.40. The molecule has 0 unspecified atom stereocenters. The lowest BCUT2D eigenvalue weighted by Gasteiger charge is -2.24. The maximum Gasteiger partial charge on any atom is 0.254 e. The summed E-state index contributed by atoms with van der Waals surface area (Å²) in [5.74, 6) is -1.66. The van der Waals surface area contributed by atoms with Crippen molar-refractivity contribution in [1.29, 1.82) is 0 Å². The molecular weight excluding hydrogens is 297 g/mol. The molecule has 0 aliphatic rings. The van der Waals surface area contributed by atoms with Crippen LogP contribution in [0.25, 0.3) is 0 Å². The average molecular weight is 317 g/mol. The lowest BCUT2D eigenvalue weighted by molar-refractivity contribution is 0.0816. The molecule has 23 heavy (non-hydrogen) atoms. The van der Waals surface area contributed by atoms with Crippen LogP contribution in [0.4, 0.5) is 4.39 Å². The predicted molar refractivity (Wildman–Crippen MR) is 85.6 cm³/mol. The van der Waals surface area contributed by atoms with Crippen molar-refractivity contribution in [3.8, 4) is 5.75 Å². The lowest BCUT2D eigenvalue weighted by atomic mass is 9.98. The highest BCUT2D eigenvalue weighted by Crippen LogP contribution is 2.21. The Labute approximate surface area is 134 Å².